The molecule has 1 heterocycles. The van der Waals surface area contributed by atoms with Gasteiger partial charge in [0.05, 0.1) is 7.11 Å². The molecule has 0 bridgehead atoms. The van der Waals surface area contributed by atoms with Gasteiger partial charge in [-0.2, -0.15) is 0 Å². The zero-order chi connectivity index (χ0) is 12.5. The molecule has 3 heteroatoms. The number of nitrogens with two attached hydrogens (primary N) is 1. The maximum Gasteiger partial charge on any atom is 0.119 e. The van der Waals surface area contributed by atoms with Gasteiger partial charge in [-0.25, -0.2) is 0 Å². The topological polar surface area (TPSA) is 38.5 Å². The molecule has 2 N–H and O–H groups in total. The average molecular weight is 234 g/mol. The minimum absolute atomic E-state index is 0.142. The lowest BCUT2D eigenvalue weighted by molar-refractivity contribution is 0.373. The summed E-state index contributed by atoms with van der Waals surface area (Å²) >= 11 is 0. The molecular weight excluding hydrogens is 212 g/mol. The van der Waals surface area contributed by atoms with Crippen molar-refractivity contribution in [3.8, 4) is 5.75 Å². The number of rotatable bonds is 3. The van der Waals surface area contributed by atoms with Crippen molar-refractivity contribution in [2.75, 3.05) is 25.1 Å². The van der Waals surface area contributed by atoms with E-state index in [2.05, 4.69) is 30.9 Å². The first-order valence-electron chi connectivity index (χ1n) is 6.21. The Bertz CT molecular complexity index is 372. The SMILES string of the molecule is COc1ccc(N2CCC(CN)C2(C)C)cc1. The van der Waals surface area contributed by atoms with Crippen molar-refractivity contribution in [1.82, 2.24) is 0 Å². The van der Waals surface area contributed by atoms with Gasteiger partial charge < -0.3 is 15.4 Å². The third-order valence-corrected chi connectivity index (χ3v) is 4.06. The highest BCUT2D eigenvalue weighted by Gasteiger charge is 2.40. The molecule has 1 aromatic carbocycles. The van der Waals surface area contributed by atoms with Crippen LogP contribution in [0.1, 0.15) is 20.3 Å². The van der Waals surface area contributed by atoms with E-state index in [1.807, 2.05) is 12.1 Å². The Hall–Kier alpha value is -1.22. The summed E-state index contributed by atoms with van der Waals surface area (Å²) in [6, 6.07) is 8.28. The fraction of sp³-hybridized carbons (Fsp3) is 0.571. The van der Waals surface area contributed by atoms with Gasteiger partial charge in [0.2, 0.25) is 0 Å². The minimum Gasteiger partial charge on any atom is -0.497 e. The predicted octanol–water partition coefficient (Wildman–Crippen LogP) is 2.26. The van der Waals surface area contributed by atoms with Crippen LogP contribution in [0, 0.1) is 5.92 Å². The van der Waals surface area contributed by atoms with Gasteiger partial charge in [-0.1, -0.05) is 0 Å². The monoisotopic (exact) mass is 234 g/mol. The minimum atomic E-state index is 0.142. The third-order valence-electron chi connectivity index (χ3n) is 4.06. The van der Waals surface area contributed by atoms with Crippen LogP contribution in [0.5, 0.6) is 5.75 Å². The summed E-state index contributed by atoms with van der Waals surface area (Å²) in [6.07, 6.45) is 1.18. The molecule has 0 aliphatic carbocycles. The Morgan fingerprint density at radius 1 is 1.35 bits per heavy atom. The van der Waals surface area contributed by atoms with Gasteiger partial charge >= 0.3 is 0 Å². The standard InChI is InChI=1S/C14H22N2O/c1-14(2)11(10-15)8-9-16(14)12-4-6-13(17-3)7-5-12/h4-7,11H,8-10,15H2,1-3H3. The molecule has 0 radical (unpaired) electrons. The molecule has 0 saturated carbocycles. The van der Waals surface area contributed by atoms with Gasteiger partial charge in [-0.15, -0.1) is 0 Å². The summed E-state index contributed by atoms with van der Waals surface area (Å²) in [6.45, 7) is 6.41. The van der Waals surface area contributed by atoms with Crippen molar-refractivity contribution in [3.05, 3.63) is 24.3 Å². The summed E-state index contributed by atoms with van der Waals surface area (Å²) in [5.74, 6) is 1.48. The van der Waals surface area contributed by atoms with Crippen LogP contribution >= 0.6 is 0 Å². The number of anilines is 1. The van der Waals surface area contributed by atoms with E-state index in [0.29, 0.717) is 5.92 Å². The highest BCUT2D eigenvalue weighted by molar-refractivity contribution is 5.52. The average Bonchev–Trinajstić information content (AvgIpc) is 2.64. The summed E-state index contributed by atoms with van der Waals surface area (Å²) < 4.78 is 5.19. The Morgan fingerprint density at radius 2 is 2.00 bits per heavy atom. The first kappa shape index (κ1) is 12.2. The highest BCUT2D eigenvalue weighted by atomic mass is 16.5. The van der Waals surface area contributed by atoms with Crippen LogP contribution in [-0.4, -0.2) is 25.7 Å². The van der Waals surface area contributed by atoms with Crippen molar-refractivity contribution in [2.45, 2.75) is 25.8 Å². The molecule has 1 aliphatic heterocycles. The van der Waals surface area contributed by atoms with Gasteiger partial charge in [0.25, 0.3) is 0 Å². The second kappa shape index (κ2) is 4.57. The maximum absolute atomic E-state index is 5.85. The molecule has 1 unspecified atom stereocenters. The summed E-state index contributed by atoms with van der Waals surface area (Å²) in [5.41, 5.74) is 7.25. The van der Waals surface area contributed by atoms with Crippen molar-refractivity contribution < 1.29 is 4.74 Å². The van der Waals surface area contributed by atoms with Crippen LogP contribution in [0.25, 0.3) is 0 Å². The van der Waals surface area contributed by atoms with Crippen LogP contribution in [0.4, 0.5) is 5.69 Å². The summed E-state index contributed by atoms with van der Waals surface area (Å²) in [5, 5.41) is 0. The summed E-state index contributed by atoms with van der Waals surface area (Å²) in [7, 11) is 1.69. The lowest BCUT2D eigenvalue weighted by Gasteiger charge is -2.37. The summed E-state index contributed by atoms with van der Waals surface area (Å²) in [4.78, 5) is 2.45. The molecule has 94 valence electrons. The normalized spacial score (nSPS) is 22.8. The molecule has 3 nitrogen and oxygen atoms in total. The Balaban J connectivity index is 2.22. The van der Waals surface area contributed by atoms with Crippen LogP contribution in [0.3, 0.4) is 0 Å². The van der Waals surface area contributed by atoms with E-state index >= 15 is 0 Å². The van der Waals surface area contributed by atoms with Crippen LogP contribution in [0.2, 0.25) is 0 Å². The first-order chi connectivity index (χ1) is 8.09. The van der Waals surface area contributed by atoms with Gasteiger partial charge in [-0.3, -0.25) is 0 Å². The van der Waals surface area contributed by atoms with Crippen LogP contribution < -0.4 is 15.4 Å². The molecule has 1 aliphatic rings. The van der Waals surface area contributed by atoms with E-state index < -0.39 is 0 Å². The number of ether oxygens (including phenoxy) is 1. The fourth-order valence-electron chi connectivity index (χ4n) is 2.78. The quantitative estimate of drug-likeness (QED) is 0.872. The largest absolute Gasteiger partial charge is 0.497 e. The molecule has 1 aromatic rings. The molecule has 2 rings (SSSR count). The molecule has 1 fully saturated rings. The number of benzene rings is 1. The van der Waals surface area contributed by atoms with E-state index in [1.54, 1.807) is 7.11 Å². The van der Waals surface area contributed by atoms with Crippen molar-refractivity contribution in [1.29, 1.82) is 0 Å². The van der Waals surface area contributed by atoms with Gasteiger partial charge in [-0.05, 0) is 57.0 Å². The molecule has 17 heavy (non-hydrogen) atoms. The maximum atomic E-state index is 5.85. The second-order valence-corrected chi connectivity index (χ2v) is 5.22. The second-order valence-electron chi connectivity index (χ2n) is 5.22. The fourth-order valence-corrected chi connectivity index (χ4v) is 2.78. The lowest BCUT2D eigenvalue weighted by atomic mass is 9.88. The van der Waals surface area contributed by atoms with Crippen molar-refractivity contribution >= 4 is 5.69 Å². The zero-order valence-corrected chi connectivity index (χ0v) is 10.9. The van der Waals surface area contributed by atoms with E-state index in [0.717, 1.165) is 18.8 Å². The number of hydrogen-bond donors (Lipinski definition) is 1. The first-order valence-corrected chi connectivity index (χ1v) is 6.21. The molecule has 0 amide bonds. The van der Waals surface area contributed by atoms with Crippen LogP contribution in [0.15, 0.2) is 24.3 Å². The lowest BCUT2D eigenvalue weighted by Crippen LogP contribution is -2.44. The third kappa shape index (κ3) is 2.12. The highest BCUT2D eigenvalue weighted by Crippen LogP contribution is 2.38. The van der Waals surface area contributed by atoms with E-state index in [1.165, 1.54) is 12.1 Å². The molecular formula is C14H22N2O. The molecule has 1 atom stereocenters. The van der Waals surface area contributed by atoms with Crippen molar-refractivity contribution in [3.63, 3.8) is 0 Å². The van der Waals surface area contributed by atoms with E-state index in [9.17, 15) is 0 Å². The smallest absolute Gasteiger partial charge is 0.119 e. The Kier molecular flexibility index (Phi) is 3.29. The molecule has 1 saturated heterocycles. The predicted molar refractivity (Wildman–Crippen MR) is 71.6 cm³/mol. The number of methoxy groups -OCH3 is 1. The zero-order valence-electron chi connectivity index (χ0n) is 10.9. The van der Waals surface area contributed by atoms with Gasteiger partial charge in [0.1, 0.15) is 5.75 Å². The van der Waals surface area contributed by atoms with Crippen LogP contribution in [-0.2, 0) is 0 Å². The molecule has 0 aromatic heterocycles. The van der Waals surface area contributed by atoms with Gasteiger partial charge in [0.15, 0.2) is 0 Å². The Morgan fingerprint density at radius 3 is 2.47 bits per heavy atom. The Labute approximate surface area is 104 Å². The van der Waals surface area contributed by atoms with Gasteiger partial charge in [0, 0.05) is 17.8 Å². The van der Waals surface area contributed by atoms with E-state index in [-0.39, 0.29) is 5.54 Å². The number of nitrogens with zero attached hydrogens (tertiary/aromatic N) is 1. The number of hydrogen-bond acceptors (Lipinski definition) is 3. The van der Waals surface area contributed by atoms with Crippen molar-refractivity contribution in [2.24, 2.45) is 11.7 Å². The van der Waals surface area contributed by atoms with E-state index in [4.69, 9.17) is 10.5 Å². The molecule has 0 spiro atoms.